The molecule has 0 aliphatic rings. The van der Waals surface area contributed by atoms with E-state index in [1.165, 1.54) is 0 Å². The molecule has 0 aromatic carbocycles. The maximum atomic E-state index is 10.9. The van der Waals surface area contributed by atoms with Gasteiger partial charge in [-0.25, -0.2) is 0 Å². The minimum atomic E-state index is -0.368. The third-order valence-electron chi connectivity index (χ3n) is 2.47. The smallest absolute Gasteiger partial charge is 0.242 e. The summed E-state index contributed by atoms with van der Waals surface area (Å²) in [6.45, 7) is 7.60. The fourth-order valence-electron chi connectivity index (χ4n) is 1.24. The molecule has 1 atom stereocenters. The summed E-state index contributed by atoms with van der Waals surface area (Å²) in [7, 11) is 0. The second kappa shape index (κ2) is 3.20. The van der Waals surface area contributed by atoms with Crippen LogP contribution in [0.3, 0.4) is 0 Å². The first-order valence-electron chi connectivity index (χ1n) is 4.26. The van der Waals surface area contributed by atoms with Crippen molar-refractivity contribution in [3.05, 3.63) is 17.0 Å². The van der Waals surface area contributed by atoms with E-state index < -0.39 is 0 Å². The lowest BCUT2D eigenvalue weighted by Gasteiger charge is -2.09. The van der Waals surface area contributed by atoms with E-state index in [4.69, 9.17) is 5.73 Å². The molecule has 0 aliphatic carbocycles. The average molecular weight is 181 g/mol. The standard InChI is InChI=1S/C9H15N3O/c1-5-6(2)11-12(7(5)3)8(4)9(10)13/h8H,1-4H3,(H2,10,13)/t8-/m0/s1. The van der Waals surface area contributed by atoms with E-state index in [-0.39, 0.29) is 11.9 Å². The molecule has 0 spiro atoms. The van der Waals surface area contributed by atoms with Gasteiger partial charge in [0.05, 0.1) is 5.69 Å². The van der Waals surface area contributed by atoms with E-state index >= 15 is 0 Å². The summed E-state index contributed by atoms with van der Waals surface area (Å²) < 4.78 is 1.67. The second-order valence-corrected chi connectivity index (χ2v) is 3.32. The van der Waals surface area contributed by atoms with Gasteiger partial charge in [-0.3, -0.25) is 9.48 Å². The predicted octanol–water partition coefficient (Wildman–Crippen LogP) is 0.855. The van der Waals surface area contributed by atoms with Crippen molar-refractivity contribution in [2.45, 2.75) is 33.7 Å². The van der Waals surface area contributed by atoms with Crippen LogP contribution in [0, 0.1) is 20.8 Å². The highest BCUT2D eigenvalue weighted by atomic mass is 16.1. The number of aryl methyl sites for hydroxylation is 1. The van der Waals surface area contributed by atoms with Gasteiger partial charge < -0.3 is 5.73 Å². The number of nitrogens with two attached hydrogens (primary N) is 1. The van der Waals surface area contributed by atoms with Gasteiger partial charge in [0.25, 0.3) is 0 Å². The highest BCUT2D eigenvalue weighted by Gasteiger charge is 2.16. The number of carbonyl (C=O) groups is 1. The van der Waals surface area contributed by atoms with Crippen molar-refractivity contribution in [1.82, 2.24) is 9.78 Å². The van der Waals surface area contributed by atoms with Gasteiger partial charge in [-0.2, -0.15) is 5.10 Å². The molecular formula is C9H15N3O. The van der Waals surface area contributed by atoms with Gasteiger partial charge in [-0.05, 0) is 33.3 Å². The number of hydrogen-bond donors (Lipinski definition) is 1. The summed E-state index contributed by atoms with van der Waals surface area (Å²) in [5, 5.41) is 4.25. The molecule has 0 saturated carbocycles. The maximum Gasteiger partial charge on any atom is 0.242 e. The van der Waals surface area contributed by atoms with Gasteiger partial charge >= 0.3 is 0 Å². The van der Waals surface area contributed by atoms with Crippen LogP contribution in [0.5, 0.6) is 0 Å². The fourth-order valence-corrected chi connectivity index (χ4v) is 1.24. The van der Waals surface area contributed by atoms with Crippen molar-refractivity contribution in [2.24, 2.45) is 5.73 Å². The normalized spacial score (nSPS) is 12.9. The maximum absolute atomic E-state index is 10.9. The van der Waals surface area contributed by atoms with Gasteiger partial charge in [0.1, 0.15) is 6.04 Å². The number of aromatic nitrogens is 2. The van der Waals surface area contributed by atoms with Crippen molar-refractivity contribution >= 4 is 5.91 Å². The zero-order valence-electron chi connectivity index (χ0n) is 8.46. The predicted molar refractivity (Wildman–Crippen MR) is 50.3 cm³/mol. The average Bonchev–Trinajstić information content (AvgIpc) is 2.31. The Balaban J connectivity index is 3.15. The van der Waals surface area contributed by atoms with E-state index in [2.05, 4.69) is 5.10 Å². The number of carbonyl (C=O) groups excluding carboxylic acids is 1. The van der Waals surface area contributed by atoms with Gasteiger partial charge in [-0.15, -0.1) is 0 Å². The second-order valence-electron chi connectivity index (χ2n) is 3.32. The monoisotopic (exact) mass is 181 g/mol. The van der Waals surface area contributed by atoms with E-state index in [0.717, 1.165) is 17.0 Å². The Morgan fingerprint density at radius 3 is 2.31 bits per heavy atom. The van der Waals surface area contributed by atoms with Crippen LogP contribution < -0.4 is 5.73 Å². The molecule has 1 rings (SSSR count). The van der Waals surface area contributed by atoms with Crippen molar-refractivity contribution < 1.29 is 4.79 Å². The molecule has 72 valence electrons. The van der Waals surface area contributed by atoms with Crippen molar-refractivity contribution in [3.63, 3.8) is 0 Å². The molecule has 13 heavy (non-hydrogen) atoms. The van der Waals surface area contributed by atoms with E-state index in [9.17, 15) is 4.79 Å². The first-order valence-corrected chi connectivity index (χ1v) is 4.26. The molecule has 0 fully saturated rings. The molecule has 0 radical (unpaired) electrons. The Kier molecular flexibility index (Phi) is 2.40. The summed E-state index contributed by atoms with van der Waals surface area (Å²) in [5.74, 6) is -0.356. The molecule has 4 nitrogen and oxygen atoms in total. The molecule has 1 aromatic heterocycles. The minimum Gasteiger partial charge on any atom is -0.368 e. The number of rotatable bonds is 2. The quantitative estimate of drug-likeness (QED) is 0.735. The third-order valence-corrected chi connectivity index (χ3v) is 2.47. The van der Waals surface area contributed by atoms with E-state index in [1.807, 2.05) is 20.8 Å². The van der Waals surface area contributed by atoms with Crippen molar-refractivity contribution in [3.8, 4) is 0 Å². The lowest BCUT2D eigenvalue weighted by atomic mass is 10.2. The first-order chi connectivity index (χ1) is 5.95. The topological polar surface area (TPSA) is 60.9 Å². The van der Waals surface area contributed by atoms with Crippen LogP contribution in [0.25, 0.3) is 0 Å². The van der Waals surface area contributed by atoms with E-state index in [1.54, 1.807) is 11.6 Å². The number of amides is 1. The first kappa shape index (κ1) is 9.77. The van der Waals surface area contributed by atoms with Gasteiger partial charge in [0.15, 0.2) is 0 Å². The van der Waals surface area contributed by atoms with Crippen LogP contribution in [0.15, 0.2) is 0 Å². The van der Waals surface area contributed by atoms with Gasteiger partial charge in [0.2, 0.25) is 5.91 Å². The molecule has 0 saturated heterocycles. The van der Waals surface area contributed by atoms with Crippen LogP contribution in [-0.4, -0.2) is 15.7 Å². The summed E-state index contributed by atoms with van der Waals surface area (Å²) in [6, 6.07) is -0.368. The zero-order chi connectivity index (χ0) is 10.2. The molecular weight excluding hydrogens is 166 g/mol. The lowest BCUT2D eigenvalue weighted by molar-refractivity contribution is -0.121. The van der Waals surface area contributed by atoms with Crippen molar-refractivity contribution in [1.29, 1.82) is 0 Å². The Hall–Kier alpha value is -1.32. The van der Waals surface area contributed by atoms with E-state index in [0.29, 0.717) is 0 Å². The summed E-state index contributed by atoms with van der Waals surface area (Å²) in [4.78, 5) is 10.9. The highest BCUT2D eigenvalue weighted by molar-refractivity contribution is 5.77. The SMILES string of the molecule is Cc1nn([C@@H](C)C(N)=O)c(C)c1C. The fraction of sp³-hybridized carbons (Fsp3) is 0.556. The number of primary amides is 1. The van der Waals surface area contributed by atoms with Gasteiger partial charge in [0, 0.05) is 5.69 Å². The largest absolute Gasteiger partial charge is 0.368 e. The Bertz CT molecular complexity index is 341. The zero-order valence-corrected chi connectivity index (χ0v) is 8.46. The molecule has 0 unspecified atom stereocenters. The lowest BCUT2D eigenvalue weighted by Crippen LogP contribution is -2.25. The number of nitrogens with zero attached hydrogens (tertiary/aromatic N) is 2. The molecule has 1 amide bonds. The molecule has 0 aliphatic heterocycles. The Labute approximate surface area is 77.7 Å². The molecule has 1 heterocycles. The molecule has 0 bridgehead atoms. The summed E-state index contributed by atoms with van der Waals surface area (Å²) in [6.07, 6.45) is 0. The summed E-state index contributed by atoms with van der Waals surface area (Å²) in [5.41, 5.74) is 8.27. The molecule has 1 aromatic rings. The van der Waals surface area contributed by atoms with Gasteiger partial charge in [-0.1, -0.05) is 0 Å². The minimum absolute atomic E-state index is 0.356. The highest BCUT2D eigenvalue weighted by Crippen LogP contribution is 2.15. The van der Waals surface area contributed by atoms with Crippen LogP contribution in [0.2, 0.25) is 0 Å². The molecule has 4 heteroatoms. The van der Waals surface area contributed by atoms with Crippen LogP contribution >= 0.6 is 0 Å². The third kappa shape index (κ3) is 1.56. The van der Waals surface area contributed by atoms with Crippen LogP contribution in [0.4, 0.5) is 0 Å². The Morgan fingerprint density at radius 1 is 1.46 bits per heavy atom. The Morgan fingerprint density at radius 2 is 2.00 bits per heavy atom. The van der Waals surface area contributed by atoms with Crippen LogP contribution in [-0.2, 0) is 4.79 Å². The molecule has 2 N–H and O–H groups in total. The number of hydrogen-bond acceptors (Lipinski definition) is 2. The summed E-state index contributed by atoms with van der Waals surface area (Å²) >= 11 is 0. The van der Waals surface area contributed by atoms with Crippen LogP contribution in [0.1, 0.15) is 29.9 Å². The van der Waals surface area contributed by atoms with Crippen molar-refractivity contribution in [2.75, 3.05) is 0 Å².